The summed E-state index contributed by atoms with van der Waals surface area (Å²) >= 11 is 0. The number of fused-ring (bicyclic) bond motifs is 2. The first-order valence-corrected chi connectivity index (χ1v) is 10.4. The maximum absolute atomic E-state index is 13.4. The topological polar surface area (TPSA) is 69.7 Å². The van der Waals surface area contributed by atoms with E-state index in [4.69, 9.17) is 0 Å². The van der Waals surface area contributed by atoms with E-state index >= 15 is 0 Å². The van der Waals surface area contributed by atoms with Crippen molar-refractivity contribution in [2.24, 2.45) is 0 Å². The van der Waals surface area contributed by atoms with Gasteiger partial charge in [-0.3, -0.25) is 14.5 Å². The largest absolute Gasteiger partial charge is 0.325 e. The van der Waals surface area contributed by atoms with Gasteiger partial charge in [-0.05, 0) is 48.2 Å². The zero-order valence-electron chi connectivity index (χ0n) is 17.5. The fourth-order valence-electron chi connectivity index (χ4n) is 4.84. The number of para-hydroxylation sites is 1. The first-order chi connectivity index (χ1) is 14.9. The van der Waals surface area contributed by atoms with Crippen molar-refractivity contribution in [3.05, 3.63) is 77.9 Å². The van der Waals surface area contributed by atoms with Gasteiger partial charge in [0.25, 0.3) is 5.91 Å². The summed E-state index contributed by atoms with van der Waals surface area (Å²) in [6.07, 6.45) is 0.760. The molecular weight excluding hydrogens is 390 g/mol. The number of carbonyl (C=O) groups excluding carboxylic acids is 3. The maximum Gasteiger partial charge on any atom is 0.325 e. The number of benzene rings is 3. The molecule has 0 spiro atoms. The number of rotatable bonds is 3. The third kappa shape index (κ3) is 2.90. The highest BCUT2D eigenvalue weighted by molar-refractivity contribution is 6.12. The van der Waals surface area contributed by atoms with Crippen LogP contribution in [0.3, 0.4) is 0 Å². The highest BCUT2D eigenvalue weighted by atomic mass is 16.2. The van der Waals surface area contributed by atoms with Crippen LogP contribution in [0, 0.1) is 0 Å². The predicted molar refractivity (Wildman–Crippen MR) is 119 cm³/mol. The maximum atomic E-state index is 13.4. The van der Waals surface area contributed by atoms with Gasteiger partial charge in [0.15, 0.2) is 0 Å². The zero-order chi connectivity index (χ0) is 21.8. The third-order valence-electron chi connectivity index (χ3n) is 6.37. The van der Waals surface area contributed by atoms with Gasteiger partial charge >= 0.3 is 6.03 Å². The summed E-state index contributed by atoms with van der Waals surface area (Å²) < 4.78 is 0. The molecule has 0 radical (unpaired) electrons. The van der Waals surface area contributed by atoms with E-state index in [1.807, 2.05) is 73.7 Å². The summed E-state index contributed by atoms with van der Waals surface area (Å²) in [5.74, 6) is -0.676. The van der Waals surface area contributed by atoms with Crippen molar-refractivity contribution < 1.29 is 14.4 Å². The van der Waals surface area contributed by atoms with Gasteiger partial charge in [-0.1, -0.05) is 60.7 Å². The zero-order valence-corrected chi connectivity index (χ0v) is 17.5. The second-order valence-corrected chi connectivity index (χ2v) is 8.42. The second-order valence-electron chi connectivity index (χ2n) is 8.42. The molecule has 5 rings (SSSR count). The number of nitrogens with one attached hydrogen (secondary N) is 1. The lowest BCUT2D eigenvalue weighted by Gasteiger charge is -2.26. The van der Waals surface area contributed by atoms with Crippen molar-refractivity contribution in [1.29, 1.82) is 0 Å². The molecule has 1 saturated heterocycles. The van der Waals surface area contributed by atoms with E-state index in [9.17, 15) is 14.4 Å². The number of anilines is 1. The van der Waals surface area contributed by atoms with Crippen LogP contribution < -0.4 is 10.2 Å². The molecule has 156 valence electrons. The van der Waals surface area contributed by atoms with Crippen molar-refractivity contribution in [3.8, 4) is 0 Å². The standard InChI is InChI=1S/C25H23N3O3/c1-16-14-18-9-4-6-13-21(18)28(16)22(29)15-27-23(30)25(2,26-24(27)31)20-12-7-10-17-8-3-5-11-19(17)20/h3-13,16H,14-15H2,1-2H3,(H,26,31)/t16-,25+/m1/s1. The van der Waals surface area contributed by atoms with E-state index in [0.717, 1.165) is 38.9 Å². The van der Waals surface area contributed by atoms with Crippen LogP contribution in [-0.2, 0) is 21.5 Å². The smallest absolute Gasteiger partial charge is 0.319 e. The molecule has 2 aliphatic rings. The lowest BCUT2D eigenvalue weighted by Crippen LogP contribution is -2.46. The summed E-state index contributed by atoms with van der Waals surface area (Å²) in [6.45, 7) is 3.39. The summed E-state index contributed by atoms with van der Waals surface area (Å²) in [5.41, 5.74) is 1.44. The SMILES string of the molecule is C[C@@H]1Cc2ccccc2N1C(=O)CN1C(=O)N[C@@](C)(c2cccc3ccccc23)C1=O. The second kappa shape index (κ2) is 6.94. The summed E-state index contributed by atoms with van der Waals surface area (Å²) in [5, 5.41) is 4.72. The molecular formula is C25H23N3O3. The molecule has 0 unspecified atom stereocenters. The molecule has 2 aliphatic heterocycles. The van der Waals surface area contributed by atoms with Gasteiger partial charge in [0, 0.05) is 11.7 Å². The number of hydrogen-bond donors (Lipinski definition) is 1. The molecule has 0 aromatic heterocycles. The van der Waals surface area contributed by atoms with Gasteiger partial charge in [-0.15, -0.1) is 0 Å². The molecule has 0 saturated carbocycles. The molecule has 31 heavy (non-hydrogen) atoms. The van der Waals surface area contributed by atoms with Gasteiger partial charge in [0.1, 0.15) is 12.1 Å². The van der Waals surface area contributed by atoms with Crippen LogP contribution in [0.5, 0.6) is 0 Å². The Labute approximate surface area is 180 Å². The Kier molecular flexibility index (Phi) is 4.32. The molecule has 3 aromatic carbocycles. The van der Waals surface area contributed by atoms with Gasteiger partial charge in [-0.25, -0.2) is 4.79 Å². The molecule has 0 bridgehead atoms. The Bertz CT molecular complexity index is 1230. The molecule has 1 fully saturated rings. The Morgan fingerprint density at radius 2 is 1.74 bits per heavy atom. The van der Waals surface area contributed by atoms with Crippen LogP contribution in [0.2, 0.25) is 0 Å². The number of amides is 4. The fraction of sp³-hybridized carbons (Fsp3) is 0.240. The molecule has 0 aliphatic carbocycles. The van der Waals surface area contributed by atoms with E-state index in [0.29, 0.717) is 0 Å². The van der Waals surface area contributed by atoms with Crippen molar-refractivity contribution in [2.75, 3.05) is 11.4 Å². The third-order valence-corrected chi connectivity index (χ3v) is 6.37. The minimum absolute atomic E-state index is 0.0184. The van der Waals surface area contributed by atoms with Crippen LogP contribution >= 0.6 is 0 Å². The van der Waals surface area contributed by atoms with Gasteiger partial charge in [-0.2, -0.15) is 0 Å². The van der Waals surface area contributed by atoms with Gasteiger partial charge in [0.2, 0.25) is 5.91 Å². The van der Waals surface area contributed by atoms with Crippen LogP contribution in [0.4, 0.5) is 10.5 Å². The number of urea groups is 1. The number of nitrogens with zero attached hydrogens (tertiary/aromatic N) is 2. The summed E-state index contributed by atoms with van der Waals surface area (Å²) in [7, 11) is 0. The quantitative estimate of drug-likeness (QED) is 0.667. The monoisotopic (exact) mass is 413 g/mol. The Morgan fingerprint density at radius 1 is 1.03 bits per heavy atom. The molecule has 2 heterocycles. The van der Waals surface area contributed by atoms with Crippen LogP contribution in [0.15, 0.2) is 66.7 Å². The highest BCUT2D eigenvalue weighted by Crippen LogP contribution is 2.35. The Hall–Kier alpha value is -3.67. The van der Waals surface area contributed by atoms with E-state index in [-0.39, 0.29) is 18.5 Å². The number of hydrogen-bond acceptors (Lipinski definition) is 3. The van der Waals surface area contributed by atoms with Crippen LogP contribution in [0.25, 0.3) is 10.8 Å². The van der Waals surface area contributed by atoms with E-state index < -0.39 is 17.5 Å². The Balaban J connectivity index is 1.45. The van der Waals surface area contributed by atoms with Crippen molar-refractivity contribution in [1.82, 2.24) is 10.2 Å². The van der Waals surface area contributed by atoms with Crippen molar-refractivity contribution in [2.45, 2.75) is 31.8 Å². The molecule has 6 heteroatoms. The molecule has 3 aromatic rings. The average molecular weight is 413 g/mol. The van der Waals surface area contributed by atoms with Gasteiger partial charge in [0.05, 0.1) is 0 Å². The first-order valence-electron chi connectivity index (χ1n) is 10.4. The fourth-order valence-corrected chi connectivity index (χ4v) is 4.84. The molecule has 4 amide bonds. The van der Waals surface area contributed by atoms with Crippen molar-refractivity contribution in [3.63, 3.8) is 0 Å². The Morgan fingerprint density at radius 3 is 2.58 bits per heavy atom. The average Bonchev–Trinajstić information content (AvgIpc) is 3.21. The van der Waals surface area contributed by atoms with Crippen molar-refractivity contribution >= 4 is 34.3 Å². The molecule has 2 atom stereocenters. The van der Waals surface area contributed by atoms with Crippen LogP contribution in [0.1, 0.15) is 25.0 Å². The first kappa shape index (κ1) is 19.3. The minimum atomic E-state index is -1.23. The van der Waals surface area contributed by atoms with Gasteiger partial charge < -0.3 is 10.2 Å². The van der Waals surface area contributed by atoms with Crippen LogP contribution in [-0.4, -0.2) is 35.3 Å². The number of imide groups is 1. The highest BCUT2D eigenvalue weighted by Gasteiger charge is 2.50. The lowest BCUT2D eigenvalue weighted by molar-refractivity contribution is -0.134. The molecule has 6 nitrogen and oxygen atoms in total. The van der Waals surface area contributed by atoms with E-state index in [1.54, 1.807) is 11.8 Å². The summed E-state index contributed by atoms with van der Waals surface area (Å²) in [4.78, 5) is 42.2. The molecule has 1 N–H and O–H groups in total. The minimum Gasteiger partial charge on any atom is -0.319 e. The summed E-state index contributed by atoms with van der Waals surface area (Å²) in [6, 6.07) is 20.6. The van der Waals surface area contributed by atoms with E-state index in [2.05, 4.69) is 5.32 Å². The normalized spacial score (nSPS) is 22.7. The predicted octanol–water partition coefficient (Wildman–Crippen LogP) is 3.58. The van der Waals surface area contributed by atoms with E-state index in [1.165, 1.54) is 0 Å². The lowest BCUT2D eigenvalue weighted by atomic mass is 9.88. The number of carbonyl (C=O) groups is 3.